The molecule has 3 aromatic rings. The first-order chi connectivity index (χ1) is 12.2. The van der Waals surface area contributed by atoms with Crippen LogP contribution in [0.4, 0.5) is 0 Å². The maximum absolute atomic E-state index is 12.8. The molecular weight excluding hydrogens is 338 g/mol. The molecule has 128 valence electrons. The molecule has 1 aliphatic rings. The third kappa shape index (κ3) is 2.80. The molecule has 1 aromatic carbocycles. The summed E-state index contributed by atoms with van der Waals surface area (Å²) in [6.07, 6.45) is 5.57. The molecule has 0 unspecified atom stereocenters. The highest BCUT2D eigenvalue weighted by atomic mass is 32.1. The van der Waals surface area contributed by atoms with E-state index in [0.717, 1.165) is 47.2 Å². The zero-order chi connectivity index (χ0) is 17.4. The first-order valence-corrected chi connectivity index (χ1v) is 8.97. The highest BCUT2D eigenvalue weighted by molar-refractivity contribution is 7.18. The lowest BCUT2D eigenvalue weighted by molar-refractivity contribution is 0.415. The van der Waals surface area contributed by atoms with Gasteiger partial charge in [-0.25, -0.2) is 4.79 Å². The van der Waals surface area contributed by atoms with Gasteiger partial charge in [-0.1, -0.05) is 0 Å². The Morgan fingerprint density at radius 3 is 2.72 bits per heavy atom. The molecule has 2 aromatic heterocycles. The van der Waals surface area contributed by atoms with Crippen LogP contribution in [-0.2, 0) is 12.8 Å². The minimum absolute atomic E-state index is 0.345. The first kappa shape index (κ1) is 15.8. The predicted molar refractivity (Wildman–Crippen MR) is 99.3 cm³/mol. The minimum Gasteiger partial charge on any atom is -0.497 e. The van der Waals surface area contributed by atoms with Crippen LogP contribution in [0.3, 0.4) is 0 Å². The number of fused-ring (bicyclic) bond motifs is 3. The number of aromatic nitrogens is 2. The fourth-order valence-electron chi connectivity index (χ4n) is 3.15. The summed E-state index contributed by atoms with van der Waals surface area (Å²) in [5.74, 6) is 0.735. The number of H-pyrrole nitrogens is 1. The van der Waals surface area contributed by atoms with Crippen LogP contribution in [0.2, 0.25) is 0 Å². The van der Waals surface area contributed by atoms with E-state index >= 15 is 0 Å². The molecule has 0 spiro atoms. The van der Waals surface area contributed by atoms with E-state index in [9.17, 15) is 9.59 Å². The molecule has 0 bridgehead atoms. The zero-order valence-electron chi connectivity index (χ0n) is 13.7. The summed E-state index contributed by atoms with van der Waals surface area (Å²) in [5.41, 5.74) is 1.00. The number of methoxy groups -OCH3 is 1. The second-order valence-electron chi connectivity index (χ2n) is 5.98. The quantitative estimate of drug-likeness (QED) is 0.734. The number of ether oxygens (including phenoxy) is 1. The second kappa shape index (κ2) is 6.33. The molecule has 0 atom stereocenters. The molecule has 25 heavy (non-hydrogen) atoms. The number of nitrogens with one attached hydrogen (secondary N) is 1. The van der Waals surface area contributed by atoms with Crippen LogP contribution in [0, 0.1) is 0 Å². The normalized spacial score (nSPS) is 14.1. The first-order valence-electron chi connectivity index (χ1n) is 8.15. The Labute approximate surface area is 147 Å². The Kier molecular flexibility index (Phi) is 4.01. The van der Waals surface area contributed by atoms with Gasteiger partial charge in [0, 0.05) is 4.88 Å². The summed E-state index contributed by atoms with van der Waals surface area (Å²) in [5, 5.41) is 4.73. The SMILES string of the molecule is COc1ccc(/C=N/n2c(=O)[nH]c3sc4c(c3c2=O)CCCC4)cc1. The van der Waals surface area contributed by atoms with Gasteiger partial charge in [-0.15, -0.1) is 16.0 Å². The number of nitrogens with zero attached hydrogens (tertiary/aromatic N) is 2. The van der Waals surface area contributed by atoms with Gasteiger partial charge in [0.2, 0.25) is 0 Å². The lowest BCUT2D eigenvalue weighted by Crippen LogP contribution is -2.32. The van der Waals surface area contributed by atoms with E-state index in [1.165, 1.54) is 22.4 Å². The van der Waals surface area contributed by atoms with Gasteiger partial charge >= 0.3 is 5.69 Å². The molecule has 2 heterocycles. The third-order valence-corrected chi connectivity index (χ3v) is 5.64. The number of hydrogen-bond acceptors (Lipinski definition) is 5. The minimum atomic E-state index is -0.513. The summed E-state index contributed by atoms with van der Waals surface area (Å²) >= 11 is 1.52. The van der Waals surface area contributed by atoms with Crippen molar-refractivity contribution in [3.63, 3.8) is 0 Å². The number of thiophene rings is 1. The standard InChI is InChI=1S/C18H17N3O3S/c1-24-12-8-6-11(7-9-12)10-19-21-17(22)15-13-4-2-3-5-14(13)25-16(15)20-18(21)23/h6-10H,2-5H2,1H3,(H,20,23)/b19-10+. The van der Waals surface area contributed by atoms with E-state index in [1.807, 2.05) is 12.1 Å². The number of rotatable bonds is 3. The summed E-state index contributed by atoms with van der Waals surface area (Å²) in [6, 6.07) is 7.22. The maximum Gasteiger partial charge on any atom is 0.350 e. The van der Waals surface area contributed by atoms with Gasteiger partial charge in [0.1, 0.15) is 10.6 Å². The topological polar surface area (TPSA) is 76.5 Å². The highest BCUT2D eigenvalue weighted by Crippen LogP contribution is 2.32. The van der Waals surface area contributed by atoms with Crippen LogP contribution >= 0.6 is 11.3 Å². The van der Waals surface area contributed by atoms with Crippen molar-refractivity contribution in [1.29, 1.82) is 0 Å². The van der Waals surface area contributed by atoms with E-state index in [4.69, 9.17) is 4.74 Å². The molecule has 0 fully saturated rings. The Hall–Kier alpha value is -2.67. The smallest absolute Gasteiger partial charge is 0.350 e. The number of aryl methyl sites for hydroxylation is 2. The molecule has 1 N–H and O–H groups in total. The average Bonchev–Trinajstić information content (AvgIpc) is 3.00. The fraction of sp³-hybridized carbons (Fsp3) is 0.278. The van der Waals surface area contributed by atoms with Crippen LogP contribution < -0.4 is 16.0 Å². The number of hydrogen-bond donors (Lipinski definition) is 1. The average molecular weight is 355 g/mol. The van der Waals surface area contributed by atoms with Crippen LogP contribution in [0.15, 0.2) is 39.0 Å². The van der Waals surface area contributed by atoms with Gasteiger partial charge in [0.15, 0.2) is 0 Å². The molecule has 1 aliphatic carbocycles. The van der Waals surface area contributed by atoms with E-state index in [2.05, 4.69) is 10.1 Å². The van der Waals surface area contributed by atoms with Gasteiger partial charge in [-0.05, 0) is 61.1 Å². The summed E-state index contributed by atoms with van der Waals surface area (Å²) < 4.78 is 6.02. The van der Waals surface area contributed by atoms with Crippen LogP contribution in [0.25, 0.3) is 10.2 Å². The highest BCUT2D eigenvalue weighted by Gasteiger charge is 2.20. The fourth-order valence-corrected chi connectivity index (χ4v) is 4.42. The van der Waals surface area contributed by atoms with Crippen molar-refractivity contribution >= 4 is 27.8 Å². The Bertz CT molecular complexity index is 1070. The molecule has 7 heteroatoms. The van der Waals surface area contributed by atoms with Crippen LogP contribution in [-0.4, -0.2) is 23.0 Å². The van der Waals surface area contributed by atoms with Gasteiger partial charge in [-0.3, -0.25) is 9.78 Å². The molecule has 0 radical (unpaired) electrons. The summed E-state index contributed by atoms with van der Waals surface area (Å²) in [7, 11) is 1.60. The summed E-state index contributed by atoms with van der Waals surface area (Å²) in [4.78, 5) is 29.8. The van der Waals surface area contributed by atoms with Gasteiger partial charge in [0.05, 0.1) is 18.7 Å². The van der Waals surface area contributed by atoms with E-state index in [1.54, 1.807) is 19.2 Å². The molecule has 6 nitrogen and oxygen atoms in total. The molecule has 0 saturated carbocycles. The number of aromatic amines is 1. The van der Waals surface area contributed by atoms with Crippen molar-refractivity contribution in [2.45, 2.75) is 25.7 Å². The van der Waals surface area contributed by atoms with E-state index < -0.39 is 5.69 Å². The molecule has 0 amide bonds. The summed E-state index contributed by atoms with van der Waals surface area (Å²) in [6.45, 7) is 0. The van der Waals surface area contributed by atoms with Crippen molar-refractivity contribution in [2.24, 2.45) is 5.10 Å². The van der Waals surface area contributed by atoms with Gasteiger partial charge in [-0.2, -0.15) is 5.10 Å². The monoisotopic (exact) mass is 355 g/mol. The Morgan fingerprint density at radius 2 is 1.96 bits per heavy atom. The molecule has 4 rings (SSSR count). The lowest BCUT2D eigenvalue weighted by atomic mass is 9.97. The van der Waals surface area contributed by atoms with Crippen molar-refractivity contribution in [1.82, 2.24) is 9.66 Å². The Morgan fingerprint density at radius 1 is 1.20 bits per heavy atom. The van der Waals surface area contributed by atoms with Gasteiger partial charge in [0.25, 0.3) is 5.56 Å². The van der Waals surface area contributed by atoms with E-state index in [0.29, 0.717) is 10.2 Å². The van der Waals surface area contributed by atoms with Crippen molar-refractivity contribution < 1.29 is 4.74 Å². The Balaban J connectivity index is 1.80. The van der Waals surface area contributed by atoms with E-state index in [-0.39, 0.29) is 5.56 Å². The third-order valence-electron chi connectivity index (χ3n) is 4.43. The molecule has 0 aliphatic heterocycles. The van der Waals surface area contributed by atoms with Crippen molar-refractivity contribution in [3.05, 3.63) is 61.1 Å². The van der Waals surface area contributed by atoms with Gasteiger partial charge < -0.3 is 4.74 Å². The van der Waals surface area contributed by atoms with Crippen molar-refractivity contribution in [2.75, 3.05) is 7.11 Å². The van der Waals surface area contributed by atoms with Crippen LogP contribution in [0.5, 0.6) is 5.75 Å². The van der Waals surface area contributed by atoms with Crippen molar-refractivity contribution in [3.8, 4) is 5.75 Å². The molecule has 0 saturated heterocycles. The van der Waals surface area contributed by atoms with Crippen LogP contribution in [0.1, 0.15) is 28.8 Å². The largest absolute Gasteiger partial charge is 0.497 e. The number of benzene rings is 1. The second-order valence-corrected chi connectivity index (χ2v) is 7.09. The maximum atomic E-state index is 12.8. The molecular formula is C18H17N3O3S. The predicted octanol–water partition coefficient (Wildman–Crippen LogP) is 2.52. The lowest BCUT2D eigenvalue weighted by Gasteiger charge is -2.09. The zero-order valence-corrected chi connectivity index (χ0v) is 14.6.